The molecule has 3 rings (SSSR count). The number of hydrogen-bond donors (Lipinski definition) is 1. The van der Waals surface area contributed by atoms with Crippen LogP contribution in [-0.4, -0.2) is 28.3 Å². The number of hydrogen-bond acceptors (Lipinski definition) is 2. The van der Waals surface area contributed by atoms with Gasteiger partial charge in [-0.25, -0.2) is 0 Å². The molecule has 0 aliphatic rings. The van der Waals surface area contributed by atoms with Crippen molar-refractivity contribution >= 4 is 50.9 Å². The maximum absolute atomic E-state index is 13.8. The quantitative estimate of drug-likeness (QED) is 0.319. The molecule has 0 spiro atoms. The van der Waals surface area contributed by atoms with Gasteiger partial charge in [-0.05, 0) is 61.7 Å². The zero-order valence-electron chi connectivity index (χ0n) is 20.0. The molecular formula is C28H29BrCl2N2O2. The van der Waals surface area contributed by atoms with Crippen molar-refractivity contribution in [1.82, 2.24) is 10.2 Å². The molecule has 0 aliphatic carbocycles. The molecule has 184 valence electrons. The molecule has 3 aromatic carbocycles. The molecule has 0 heterocycles. The van der Waals surface area contributed by atoms with E-state index in [1.165, 1.54) is 0 Å². The first-order valence-corrected chi connectivity index (χ1v) is 12.9. The van der Waals surface area contributed by atoms with Gasteiger partial charge in [-0.3, -0.25) is 9.59 Å². The predicted molar refractivity (Wildman–Crippen MR) is 147 cm³/mol. The Morgan fingerprint density at radius 1 is 0.914 bits per heavy atom. The normalized spacial score (nSPS) is 12.2. The van der Waals surface area contributed by atoms with Gasteiger partial charge in [-0.1, -0.05) is 87.7 Å². The second-order valence-corrected chi connectivity index (χ2v) is 11.2. The molecule has 0 aromatic heterocycles. The van der Waals surface area contributed by atoms with Crippen molar-refractivity contribution in [3.63, 3.8) is 0 Å². The van der Waals surface area contributed by atoms with Crippen molar-refractivity contribution in [3.05, 3.63) is 104 Å². The van der Waals surface area contributed by atoms with Crippen molar-refractivity contribution in [1.29, 1.82) is 0 Å². The van der Waals surface area contributed by atoms with Gasteiger partial charge in [0.15, 0.2) is 0 Å². The number of rotatable bonds is 8. The van der Waals surface area contributed by atoms with Crippen molar-refractivity contribution < 1.29 is 9.59 Å². The van der Waals surface area contributed by atoms with Crippen LogP contribution in [0.5, 0.6) is 0 Å². The molecule has 1 unspecified atom stereocenters. The smallest absolute Gasteiger partial charge is 0.243 e. The summed E-state index contributed by atoms with van der Waals surface area (Å²) in [7, 11) is 0. The molecule has 0 saturated heterocycles. The van der Waals surface area contributed by atoms with Crippen molar-refractivity contribution in [2.24, 2.45) is 0 Å². The molecule has 0 saturated carbocycles. The number of carbonyl (C=O) groups is 2. The average Bonchev–Trinajstić information content (AvgIpc) is 2.78. The Hall–Kier alpha value is -2.34. The van der Waals surface area contributed by atoms with Crippen LogP contribution in [-0.2, 0) is 29.0 Å². The second-order valence-electron chi connectivity index (χ2n) is 9.47. The second kappa shape index (κ2) is 12.1. The molecular weight excluding hydrogens is 547 g/mol. The number of carbonyl (C=O) groups excluding carboxylic acids is 2. The molecule has 3 aromatic rings. The van der Waals surface area contributed by atoms with Gasteiger partial charge in [0, 0.05) is 33.0 Å². The summed E-state index contributed by atoms with van der Waals surface area (Å²) in [5, 5.41) is 3.91. The van der Waals surface area contributed by atoms with Crippen LogP contribution in [0.15, 0.2) is 77.3 Å². The first-order chi connectivity index (χ1) is 16.5. The molecule has 4 nitrogen and oxygen atoms in total. The third-order valence-electron chi connectivity index (χ3n) is 5.40. The zero-order valence-corrected chi connectivity index (χ0v) is 23.1. The van der Waals surface area contributed by atoms with Gasteiger partial charge in [0.25, 0.3) is 0 Å². The van der Waals surface area contributed by atoms with Crippen LogP contribution < -0.4 is 5.32 Å². The first-order valence-electron chi connectivity index (χ1n) is 11.4. The van der Waals surface area contributed by atoms with Gasteiger partial charge in [0.2, 0.25) is 11.8 Å². The SMILES string of the molecule is CC(C)(C)NC(=O)C(Cc1ccccc1)N(Cc1cccc(Br)c1)C(=O)Cc1c(Cl)cccc1Cl. The summed E-state index contributed by atoms with van der Waals surface area (Å²) in [6, 6.07) is 21.9. The van der Waals surface area contributed by atoms with E-state index in [1.807, 2.05) is 75.4 Å². The van der Waals surface area contributed by atoms with E-state index in [0.29, 0.717) is 22.0 Å². The summed E-state index contributed by atoms with van der Waals surface area (Å²) in [6.45, 7) is 6.03. The van der Waals surface area contributed by atoms with Crippen molar-refractivity contribution in [2.75, 3.05) is 0 Å². The van der Waals surface area contributed by atoms with E-state index in [-0.39, 0.29) is 24.8 Å². The Labute approximate surface area is 225 Å². The van der Waals surface area contributed by atoms with E-state index in [4.69, 9.17) is 23.2 Å². The number of amides is 2. The fourth-order valence-corrected chi connectivity index (χ4v) is 4.77. The molecule has 0 fully saturated rings. The topological polar surface area (TPSA) is 49.4 Å². The molecule has 1 atom stereocenters. The maximum Gasteiger partial charge on any atom is 0.243 e. The molecule has 35 heavy (non-hydrogen) atoms. The van der Waals surface area contributed by atoms with Gasteiger partial charge in [0.05, 0.1) is 6.42 Å². The highest BCUT2D eigenvalue weighted by Gasteiger charge is 2.32. The van der Waals surface area contributed by atoms with E-state index in [1.54, 1.807) is 23.1 Å². The Morgan fingerprint density at radius 3 is 2.11 bits per heavy atom. The Bertz CT molecular complexity index is 1160. The number of nitrogens with one attached hydrogen (secondary N) is 1. The fraction of sp³-hybridized carbons (Fsp3) is 0.286. The highest BCUT2D eigenvalue weighted by atomic mass is 79.9. The van der Waals surface area contributed by atoms with Crippen molar-refractivity contribution in [3.8, 4) is 0 Å². The fourth-order valence-electron chi connectivity index (χ4n) is 3.79. The number of benzene rings is 3. The Kier molecular flexibility index (Phi) is 9.40. The summed E-state index contributed by atoms with van der Waals surface area (Å²) < 4.78 is 0.898. The van der Waals surface area contributed by atoms with Crippen LogP contribution in [0, 0.1) is 0 Å². The van der Waals surface area contributed by atoms with Crippen molar-refractivity contribution in [2.45, 2.75) is 51.7 Å². The molecule has 0 bridgehead atoms. The summed E-state index contributed by atoms with van der Waals surface area (Å²) >= 11 is 16.3. The minimum atomic E-state index is -0.732. The first kappa shape index (κ1) is 27.3. The number of nitrogens with zero attached hydrogens (tertiary/aromatic N) is 1. The molecule has 2 amide bonds. The van der Waals surface area contributed by atoms with Crippen LogP contribution in [0.4, 0.5) is 0 Å². The average molecular weight is 576 g/mol. The Morgan fingerprint density at radius 2 is 1.51 bits per heavy atom. The number of halogens is 3. The largest absolute Gasteiger partial charge is 0.350 e. The molecule has 7 heteroatoms. The van der Waals surface area contributed by atoms with Crippen LogP contribution in [0.2, 0.25) is 10.0 Å². The summed E-state index contributed by atoms with van der Waals surface area (Å²) in [5.74, 6) is -0.445. The Balaban J connectivity index is 2.03. The highest BCUT2D eigenvalue weighted by molar-refractivity contribution is 9.10. The summed E-state index contributed by atoms with van der Waals surface area (Å²) in [4.78, 5) is 29.0. The van der Waals surface area contributed by atoms with Crippen LogP contribution in [0.25, 0.3) is 0 Å². The minimum absolute atomic E-state index is 0.0133. The van der Waals surface area contributed by atoms with Crippen LogP contribution >= 0.6 is 39.1 Å². The lowest BCUT2D eigenvalue weighted by Gasteiger charge is -2.34. The minimum Gasteiger partial charge on any atom is -0.350 e. The van der Waals surface area contributed by atoms with E-state index in [0.717, 1.165) is 15.6 Å². The van der Waals surface area contributed by atoms with E-state index >= 15 is 0 Å². The van der Waals surface area contributed by atoms with Crippen LogP contribution in [0.3, 0.4) is 0 Å². The molecule has 0 aliphatic heterocycles. The monoisotopic (exact) mass is 574 g/mol. The molecule has 1 N–H and O–H groups in total. The third-order valence-corrected chi connectivity index (χ3v) is 6.60. The lowest BCUT2D eigenvalue weighted by atomic mass is 10.00. The van der Waals surface area contributed by atoms with E-state index < -0.39 is 11.6 Å². The predicted octanol–water partition coefficient (Wildman–Crippen LogP) is 6.85. The van der Waals surface area contributed by atoms with Gasteiger partial charge in [-0.15, -0.1) is 0 Å². The van der Waals surface area contributed by atoms with E-state index in [2.05, 4.69) is 21.2 Å². The highest BCUT2D eigenvalue weighted by Crippen LogP contribution is 2.27. The summed E-state index contributed by atoms with van der Waals surface area (Å²) in [6.07, 6.45) is 0.360. The molecule has 0 radical (unpaired) electrons. The van der Waals surface area contributed by atoms with Gasteiger partial charge in [0.1, 0.15) is 6.04 Å². The zero-order chi connectivity index (χ0) is 25.6. The van der Waals surface area contributed by atoms with Gasteiger partial charge >= 0.3 is 0 Å². The third kappa shape index (κ3) is 8.09. The van der Waals surface area contributed by atoms with Crippen LogP contribution in [0.1, 0.15) is 37.5 Å². The van der Waals surface area contributed by atoms with E-state index in [9.17, 15) is 9.59 Å². The maximum atomic E-state index is 13.8. The van der Waals surface area contributed by atoms with Gasteiger partial charge in [-0.2, -0.15) is 0 Å². The lowest BCUT2D eigenvalue weighted by molar-refractivity contribution is -0.141. The standard InChI is InChI=1S/C28H29BrCl2N2O2/c1-28(2,3)32-27(35)25(16-19-9-5-4-6-10-19)33(18-20-11-7-12-21(29)15-20)26(34)17-22-23(30)13-8-14-24(22)31/h4-15,25H,16-18H2,1-3H3,(H,32,35). The lowest BCUT2D eigenvalue weighted by Crippen LogP contribution is -2.54. The van der Waals surface area contributed by atoms with Gasteiger partial charge < -0.3 is 10.2 Å². The summed E-state index contributed by atoms with van der Waals surface area (Å²) in [5.41, 5.74) is 1.96.